The van der Waals surface area contributed by atoms with Gasteiger partial charge in [0.15, 0.2) is 10.8 Å². The Morgan fingerprint density at radius 3 is 1.95 bits per heavy atom. The third kappa shape index (κ3) is 26.2. The summed E-state index contributed by atoms with van der Waals surface area (Å²) in [6.07, 6.45) is 0.691. The molecule has 532 valence electrons. The highest BCUT2D eigenvalue weighted by Gasteiger charge is 2.44. The van der Waals surface area contributed by atoms with Gasteiger partial charge in [-0.05, 0) is 105 Å². The summed E-state index contributed by atoms with van der Waals surface area (Å²) in [7, 11) is 6.40. The molecular formula is C73H112N9O14+. The van der Waals surface area contributed by atoms with Crippen molar-refractivity contribution in [2.45, 2.75) is 196 Å². The lowest BCUT2D eigenvalue weighted by Crippen LogP contribution is -2.54. The predicted octanol–water partition coefficient (Wildman–Crippen LogP) is 10.8. The number of likely N-dealkylation sites (N-methyl/N-ethyl adjacent to an activating group) is 2. The number of Topliss-reactive ketones (excluding diaryl/α,β-unsaturated/α-hetero) is 3. The number of urea groups is 1. The Balaban J connectivity index is 0.000000528. The van der Waals surface area contributed by atoms with Crippen LogP contribution in [-0.4, -0.2) is 164 Å². The van der Waals surface area contributed by atoms with Gasteiger partial charge in [0.25, 0.3) is 0 Å². The number of hydrogen-bond donors (Lipinski definition) is 5. The predicted molar refractivity (Wildman–Crippen MR) is 370 cm³/mol. The molecule has 4 rings (SSSR count). The number of hydrogen-bond acceptors (Lipinski definition) is 16. The van der Waals surface area contributed by atoms with Gasteiger partial charge in [-0.3, -0.25) is 38.9 Å². The minimum atomic E-state index is -0.779. The molecule has 1 heterocycles. The number of anilines is 1. The molecule has 0 bridgehead atoms. The number of amides is 7. The van der Waals surface area contributed by atoms with E-state index in [0.717, 1.165) is 29.5 Å². The molecule has 0 aromatic heterocycles. The van der Waals surface area contributed by atoms with Crippen LogP contribution in [0.3, 0.4) is 0 Å². The molecule has 3 aromatic rings. The summed E-state index contributed by atoms with van der Waals surface area (Å²) in [5.74, 6) is -4.29. The normalized spacial score (nSPS) is 16.4. The largest absolute Gasteiger partial charge is 0.450 e. The van der Waals surface area contributed by atoms with E-state index in [0.29, 0.717) is 43.8 Å². The minimum Gasteiger partial charge on any atom is -0.450 e. The van der Waals surface area contributed by atoms with Gasteiger partial charge in [-0.25, -0.2) is 9.59 Å². The number of aliphatic hydroxyl groups is 1. The first kappa shape index (κ1) is 82.7. The van der Waals surface area contributed by atoms with Gasteiger partial charge >= 0.3 is 17.8 Å². The van der Waals surface area contributed by atoms with Gasteiger partial charge < -0.3 is 55.1 Å². The van der Waals surface area contributed by atoms with Crippen molar-refractivity contribution in [3.05, 3.63) is 101 Å². The Morgan fingerprint density at radius 1 is 0.750 bits per heavy atom. The number of rotatable bonds is 38. The van der Waals surface area contributed by atoms with E-state index in [2.05, 4.69) is 20.9 Å². The van der Waals surface area contributed by atoms with E-state index in [1.807, 2.05) is 124 Å². The number of diazo groups is 1. The van der Waals surface area contributed by atoms with Crippen molar-refractivity contribution in [1.82, 2.24) is 25.3 Å². The molecule has 0 radical (unpaired) electrons. The maximum atomic E-state index is 14.4. The Hall–Kier alpha value is -7.49. The number of imide groups is 1. The van der Waals surface area contributed by atoms with Crippen LogP contribution in [0.25, 0.3) is 4.98 Å². The Labute approximate surface area is 570 Å². The van der Waals surface area contributed by atoms with Crippen molar-refractivity contribution >= 4 is 64.5 Å². The molecule has 23 nitrogen and oxygen atoms in total. The first-order valence-corrected chi connectivity index (χ1v) is 34.0. The van der Waals surface area contributed by atoms with Crippen LogP contribution in [-0.2, 0) is 59.1 Å². The second-order valence-corrected chi connectivity index (χ2v) is 26.6. The fraction of sp³-hybridized carbons (Fsp3) is 0.630. The Morgan fingerprint density at radius 2 is 1.39 bits per heavy atom. The maximum absolute atomic E-state index is 14.4. The molecule has 1 aliphatic heterocycles. The zero-order chi connectivity index (χ0) is 71.9. The van der Waals surface area contributed by atoms with Crippen LogP contribution in [0.2, 0.25) is 0 Å². The van der Waals surface area contributed by atoms with Crippen molar-refractivity contribution in [2.24, 2.45) is 53.1 Å². The van der Waals surface area contributed by atoms with E-state index in [9.17, 15) is 48.3 Å². The van der Waals surface area contributed by atoms with Gasteiger partial charge in [0.05, 0.1) is 68.7 Å². The lowest BCUT2D eigenvalue weighted by atomic mass is 9.83. The number of nitrogens with two attached hydrogens (primary N) is 1. The zero-order valence-electron chi connectivity index (χ0n) is 59.8. The second-order valence-electron chi connectivity index (χ2n) is 26.6. The van der Waals surface area contributed by atoms with Gasteiger partial charge in [-0.2, -0.15) is 0 Å². The lowest BCUT2D eigenvalue weighted by Gasteiger charge is -2.41. The van der Waals surface area contributed by atoms with Crippen LogP contribution in [0.15, 0.2) is 78.9 Å². The van der Waals surface area contributed by atoms with E-state index in [1.54, 1.807) is 76.5 Å². The van der Waals surface area contributed by atoms with Gasteiger partial charge in [0, 0.05) is 103 Å². The third-order valence-electron chi connectivity index (χ3n) is 18.3. The number of carbonyl (C=O) groups is 9. The number of carbonyl (C=O) groups excluding carboxylic acids is 9. The second kappa shape index (κ2) is 42.2. The first-order valence-electron chi connectivity index (χ1n) is 34.0. The van der Waals surface area contributed by atoms with E-state index in [-0.39, 0.29) is 123 Å². The van der Waals surface area contributed by atoms with Crippen molar-refractivity contribution in [1.29, 1.82) is 5.39 Å². The molecule has 6 N–H and O–H groups in total. The van der Waals surface area contributed by atoms with Crippen LogP contribution in [0, 0.1) is 59.7 Å². The van der Waals surface area contributed by atoms with Gasteiger partial charge in [0.2, 0.25) is 29.0 Å². The topological polar surface area (TPSA) is 311 Å². The number of aryl methyl sites for hydroxylation is 1. The quantitative estimate of drug-likeness (QED) is 0.0263. The monoisotopic (exact) mass is 1340 g/mol. The zero-order valence-corrected chi connectivity index (χ0v) is 59.8. The van der Waals surface area contributed by atoms with Crippen molar-refractivity contribution in [3.63, 3.8) is 0 Å². The highest BCUT2D eigenvalue weighted by atomic mass is 16.6. The number of ketones is 3. The SMILES string of the molecule is CCOC(=O)N(C)[C@H](C(=O)C[C@H](C(=O)N(C)[C@H](C(CC(=O)N1CCC[C@H]1[C@H](OC)[C@@H](C)C(=O)C[C@H](C)[C@@H](O)c1ccccc1)OC)[C@@H](C)CC)C(C)C)C(C)C.Cc1ccc(NC(=O)C(N)CCCNC(=O)NC(=O)[C@@H](CC(=O)CCOCc2ccc([N+]#N)cc2)C(C)C)cc1. The van der Waals surface area contributed by atoms with E-state index < -0.39 is 72.2 Å². The third-order valence-corrected chi connectivity index (χ3v) is 18.3. The minimum absolute atomic E-state index is 0.00219. The summed E-state index contributed by atoms with van der Waals surface area (Å²) in [5, 5.41) is 27.3. The molecule has 23 heteroatoms. The van der Waals surface area contributed by atoms with E-state index in [1.165, 1.54) is 4.90 Å². The van der Waals surface area contributed by atoms with Crippen LogP contribution in [0.4, 0.5) is 21.0 Å². The highest BCUT2D eigenvalue weighted by Crippen LogP contribution is 2.33. The molecular weight excluding hydrogens is 1230 g/mol. The van der Waals surface area contributed by atoms with E-state index >= 15 is 0 Å². The summed E-state index contributed by atoms with van der Waals surface area (Å²) >= 11 is 0. The molecule has 0 aliphatic carbocycles. The van der Waals surface area contributed by atoms with Crippen molar-refractivity contribution in [3.8, 4) is 0 Å². The van der Waals surface area contributed by atoms with E-state index in [4.69, 9.17) is 30.1 Å². The fourth-order valence-electron chi connectivity index (χ4n) is 12.3. The molecule has 7 amide bonds. The Kier molecular flexibility index (Phi) is 36.4. The van der Waals surface area contributed by atoms with Crippen molar-refractivity contribution in [2.75, 3.05) is 59.9 Å². The van der Waals surface area contributed by atoms with Gasteiger partial charge in [-0.1, -0.05) is 124 Å². The fourth-order valence-corrected chi connectivity index (χ4v) is 12.3. The lowest BCUT2D eigenvalue weighted by molar-refractivity contribution is -0.149. The molecule has 12 atom stereocenters. The molecule has 3 aromatic carbocycles. The molecule has 1 fully saturated rings. The number of aliphatic hydroxyl groups excluding tert-OH is 1. The van der Waals surface area contributed by atoms with Crippen LogP contribution >= 0.6 is 0 Å². The molecule has 96 heavy (non-hydrogen) atoms. The van der Waals surface area contributed by atoms with Crippen LogP contribution in [0.5, 0.6) is 0 Å². The summed E-state index contributed by atoms with van der Waals surface area (Å²) in [4.78, 5) is 126. The standard InChI is InChI=1S/C44H73N3O9.C29H38N6O5/c1-14-29(7)40(45(10)43(52)33(27(3)4)25-36(49)39(28(5)6)46(11)44(53)56-15-2)37(54-12)26-38(50)47-23-19-22-34(47)42(55-13)31(9)35(48)24-30(8)41(51)32-20-17-16-18-21-32;1-19(2)25(17-24(36)14-16-40-18-21-8-12-23(35-31)13-9-21)27(37)34-29(39)32-15-4-5-26(30)28(38)33-22-10-6-20(3)7-11-22/h16-18,20-21,27-31,33-34,37,39-42,51H,14-15,19,22-26H2,1-13H3;6-13,19,25-26H,4-5,14-18,30H2,1-3H3,(H2-,32,33,34,37,38,39)/p+1/t29-,30-,31-,33-,34-,37?,39-,40-,41+,42+;25-,26?/m00/s1. The average Bonchev–Trinajstić information content (AvgIpc) is 1.16. The number of likely N-dealkylation sites (tertiary alicyclic amines) is 1. The first-order chi connectivity index (χ1) is 45.5. The maximum Gasteiger partial charge on any atom is 0.410 e. The summed E-state index contributed by atoms with van der Waals surface area (Å²) in [5.41, 5.74) is 9.77. The molecule has 1 saturated heterocycles. The van der Waals surface area contributed by atoms with Crippen LogP contribution in [0.1, 0.15) is 163 Å². The molecule has 0 spiro atoms. The number of benzene rings is 3. The number of nitrogens with zero attached hydrogens (tertiary/aromatic N) is 5. The van der Waals surface area contributed by atoms with Gasteiger partial charge in [0.1, 0.15) is 11.6 Å². The summed E-state index contributed by atoms with van der Waals surface area (Å²) in [6.45, 7) is 24.1. The smallest absolute Gasteiger partial charge is 0.410 e. The number of nitrogens with one attached hydrogen (secondary N) is 3. The molecule has 2 unspecified atom stereocenters. The number of ether oxygens (including phenoxy) is 4. The van der Waals surface area contributed by atoms with Crippen molar-refractivity contribution < 1.29 is 67.2 Å². The van der Waals surface area contributed by atoms with Crippen LogP contribution < -0.4 is 21.7 Å². The molecule has 0 saturated carbocycles. The highest BCUT2D eigenvalue weighted by molar-refractivity contribution is 5.98. The number of methoxy groups -OCH3 is 2. The average molecular weight is 1340 g/mol. The molecule has 1 aliphatic rings. The van der Waals surface area contributed by atoms with Gasteiger partial charge in [-0.15, -0.1) is 0 Å². The summed E-state index contributed by atoms with van der Waals surface area (Å²) in [6, 6.07) is 20.5. The summed E-state index contributed by atoms with van der Waals surface area (Å²) < 4.78 is 22.7. The Bertz CT molecular complexity index is 2980.